The molecule has 3 fully saturated rings. The van der Waals surface area contributed by atoms with Gasteiger partial charge in [-0.25, -0.2) is 4.79 Å². The van der Waals surface area contributed by atoms with Crippen LogP contribution >= 0.6 is 11.6 Å². The molecule has 0 radical (unpaired) electrons. The fourth-order valence-corrected chi connectivity index (χ4v) is 8.22. The number of aryl methyl sites for hydroxylation is 1. The van der Waals surface area contributed by atoms with Crippen molar-refractivity contribution < 1.29 is 23.9 Å². The van der Waals surface area contributed by atoms with E-state index in [-0.39, 0.29) is 45.9 Å². The van der Waals surface area contributed by atoms with Gasteiger partial charge in [-0.05, 0) is 84.9 Å². The first-order valence-electron chi connectivity index (χ1n) is 18.3. The summed E-state index contributed by atoms with van der Waals surface area (Å²) >= 11 is 6.82. The molecule has 54 heavy (non-hydrogen) atoms. The number of amides is 5. The smallest absolute Gasteiger partial charge is 0.319 e. The molecular weight excluding hydrogens is 710 g/mol. The lowest BCUT2D eigenvalue weighted by molar-refractivity contribution is -0.133. The number of hydrogen-bond donors (Lipinski definition) is 2. The fourth-order valence-electron chi connectivity index (χ4n) is 7.93. The Hall–Kier alpha value is -5.43. The van der Waals surface area contributed by atoms with Crippen molar-refractivity contribution in [2.24, 2.45) is 7.05 Å². The topological polar surface area (TPSA) is 146 Å². The molecule has 3 aliphatic heterocycles. The first-order chi connectivity index (χ1) is 26.0. The molecule has 2 aromatic carbocycles. The number of aromatic nitrogens is 2. The van der Waals surface area contributed by atoms with Crippen LogP contribution in [0.1, 0.15) is 60.4 Å². The molecule has 2 aromatic heterocycles. The molecule has 14 heteroatoms. The van der Waals surface area contributed by atoms with Crippen molar-refractivity contribution in [3.05, 3.63) is 87.6 Å². The number of benzene rings is 2. The molecule has 1 atom stereocenters. The van der Waals surface area contributed by atoms with Crippen molar-refractivity contribution in [2.75, 3.05) is 45.7 Å². The summed E-state index contributed by atoms with van der Waals surface area (Å²) < 4.78 is 7.20. The molecule has 2 N–H and O–H groups in total. The maximum atomic E-state index is 13.9. The normalized spacial score (nSPS) is 18.4. The first kappa shape index (κ1) is 36.9. The summed E-state index contributed by atoms with van der Waals surface area (Å²) in [6.45, 7) is 2.25. The van der Waals surface area contributed by atoms with E-state index in [0.717, 1.165) is 29.5 Å². The third-order valence-corrected chi connectivity index (χ3v) is 11.4. The lowest BCUT2D eigenvalue weighted by atomic mass is 9.89. The first-order valence-corrected chi connectivity index (χ1v) is 18.7. The number of rotatable bonds is 7. The van der Waals surface area contributed by atoms with E-state index in [9.17, 15) is 24.0 Å². The van der Waals surface area contributed by atoms with Crippen LogP contribution < -0.4 is 20.9 Å². The van der Waals surface area contributed by atoms with Gasteiger partial charge in [-0.15, -0.1) is 0 Å². The third-order valence-electron chi connectivity index (χ3n) is 11.1. The highest BCUT2D eigenvalue weighted by Crippen LogP contribution is 2.37. The average Bonchev–Trinajstić information content (AvgIpc) is 3.19. The lowest BCUT2D eigenvalue weighted by Gasteiger charge is -2.40. The van der Waals surface area contributed by atoms with Crippen molar-refractivity contribution in [3.8, 4) is 16.9 Å². The minimum absolute atomic E-state index is 0.00374. The predicted molar refractivity (Wildman–Crippen MR) is 206 cm³/mol. The number of piperidine rings is 3. The van der Waals surface area contributed by atoms with Gasteiger partial charge in [0.15, 0.2) is 0 Å². The van der Waals surface area contributed by atoms with Crippen molar-refractivity contribution in [2.45, 2.75) is 56.5 Å². The minimum atomic E-state index is -0.424. The molecule has 282 valence electrons. The van der Waals surface area contributed by atoms with E-state index in [4.69, 9.17) is 16.3 Å². The van der Waals surface area contributed by atoms with Crippen LogP contribution in [0.25, 0.3) is 21.9 Å². The van der Waals surface area contributed by atoms with Crippen LogP contribution in [0.4, 0.5) is 10.5 Å². The molecule has 3 aliphatic rings. The summed E-state index contributed by atoms with van der Waals surface area (Å²) in [5.74, 6) is -0.0874. The Balaban J connectivity index is 0.933. The number of hydrogen-bond acceptors (Lipinski definition) is 8. The molecule has 0 bridgehead atoms. The van der Waals surface area contributed by atoms with Gasteiger partial charge in [0.2, 0.25) is 11.8 Å². The van der Waals surface area contributed by atoms with Gasteiger partial charge < -0.3 is 29.3 Å². The van der Waals surface area contributed by atoms with Gasteiger partial charge in [-0.2, -0.15) is 0 Å². The Morgan fingerprint density at radius 2 is 1.65 bits per heavy atom. The number of anilines is 1. The van der Waals surface area contributed by atoms with Crippen molar-refractivity contribution in [3.63, 3.8) is 0 Å². The Morgan fingerprint density at radius 3 is 2.33 bits per heavy atom. The summed E-state index contributed by atoms with van der Waals surface area (Å²) in [6.07, 6.45) is 8.70. The Morgan fingerprint density at radius 1 is 0.944 bits per heavy atom. The number of likely N-dealkylation sites (tertiary alicyclic amines) is 2. The van der Waals surface area contributed by atoms with Crippen LogP contribution in [0.2, 0.25) is 5.02 Å². The van der Waals surface area contributed by atoms with Crippen LogP contribution in [0, 0.1) is 0 Å². The highest BCUT2D eigenvalue weighted by Gasteiger charge is 2.33. The van der Waals surface area contributed by atoms with Gasteiger partial charge in [-0.1, -0.05) is 23.7 Å². The van der Waals surface area contributed by atoms with Gasteiger partial charge in [-0.3, -0.25) is 29.5 Å². The molecule has 0 spiro atoms. The number of ether oxygens (including phenoxy) is 1. The number of pyridine rings is 2. The van der Waals surface area contributed by atoms with Crippen LogP contribution in [0.5, 0.6) is 5.75 Å². The SMILES string of the molecule is COc1cc(-c2cn(C)c(=O)c3cnccc23)cc(Cl)c1C(=O)N1CCC(N(C)C(=O)N2CCC(c3ccc(NC4CCC(=O)NC4=O)cc3)CC2)CC1. The average molecular weight is 754 g/mol. The Kier molecular flexibility index (Phi) is 10.6. The van der Waals surface area contributed by atoms with E-state index >= 15 is 0 Å². The van der Waals surface area contributed by atoms with E-state index in [1.807, 2.05) is 29.0 Å². The molecule has 4 aromatic rings. The Bertz CT molecular complexity index is 2160. The second kappa shape index (κ2) is 15.5. The highest BCUT2D eigenvalue weighted by atomic mass is 35.5. The Labute approximate surface area is 318 Å². The van der Waals surface area contributed by atoms with Crippen LogP contribution in [-0.2, 0) is 16.6 Å². The summed E-state index contributed by atoms with van der Waals surface area (Å²) in [5.41, 5.74) is 3.63. The maximum Gasteiger partial charge on any atom is 0.319 e. The summed E-state index contributed by atoms with van der Waals surface area (Å²) in [6, 6.07) is 12.9. The van der Waals surface area contributed by atoms with Gasteiger partial charge >= 0.3 is 6.03 Å². The van der Waals surface area contributed by atoms with E-state index in [2.05, 4.69) is 27.8 Å². The number of urea groups is 1. The number of carbonyl (C=O) groups is 4. The summed E-state index contributed by atoms with van der Waals surface area (Å²) in [5, 5.41) is 7.06. The van der Waals surface area contributed by atoms with Gasteiger partial charge in [0.1, 0.15) is 17.4 Å². The van der Waals surface area contributed by atoms with Crippen LogP contribution in [0.3, 0.4) is 0 Å². The minimum Gasteiger partial charge on any atom is -0.496 e. The fraction of sp³-hybridized carbons (Fsp3) is 0.400. The van der Waals surface area contributed by atoms with Gasteiger partial charge in [0.25, 0.3) is 11.5 Å². The number of halogens is 1. The lowest BCUT2D eigenvalue weighted by Crippen LogP contribution is -2.52. The van der Waals surface area contributed by atoms with E-state index in [0.29, 0.717) is 74.5 Å². The number of nitrogens with zero attached hydrogens (tertiary/aromatic N) is 5. The monoisotopic (exact) mass is 753 g/mol. The van der Waals surface area contributed by atoms with Crippen LogP contribution in [0.15, 0.2) is 65.8 Å². The number of nitrogens with one attached hydrogen (secondary N) is 2. The zero-order valence-electron chi connectivity index (χ0n) is 30.6. The molecule has 13 nitrogen and oxygen atoms in total. The zero-order chi connectivity index (χ0) is 38.1. The standard InChI is InChI=1S/C40H44ClN7O6/c1-45-23-31(29-10-15-42-22-30(29)38(45)51)26-20-32(41)36(34(21-26)54-3)39(52)47-18-13-28(14-19-47)46(2)40(53)48-16-11-25(12-17-48)24-4-6-27(7-5-24)43-33-8-9-35(49)44-37(33)50/h4-7,10,15,20-23,25,28,33,43H,8-9,11-14,16-19H2,1-3H3,(H,44,49,50). The van der Waals surface area contributed by atoms with Crippen LogP contribution in [-0.4, -0.2) is 100 Å². The molecule has 1 unspecified atom stereocenters. The highest BCUT2D eigenvalue weighted by molar-refractivity contribution is 6.34. The van der Waals surface area contributed by atoms with Gasteiger partial charge in [0.05, 0.1) is 17.5 Å². The largest absolute Gasteiger partial charge is 0.496 e. The number of imide groups is 1. The second-order valence-corrected chi connectivity index (χ2v) is 14.8. The van der Waals surface area contributed by atoms with Crippen molar-refractivity contribution in [1.82, 2.24) is 29.6 Å². The molecule has 7 rings (SSSR count). The molecule has 5 amide bonds. The molecule has 5 heterocycles. The van der Waals surface area contributed by atoms with E-state index < -0.39 is 6.04 Å². The number of carbonyl (C=O) groups excluding carboxylic acids is 4. The van der Waals surface area contributed by atoms with E-state index in [1.54, 1.807) is 48.7 Å². The zero-order valence-corrected chi connectivity index (χ0v) is 31.4. The summed E-state index contributed by atoms with van der Waals surface area (Å²) in [4.78, 5) is 73.4. The quantitative estimate of drug-likeness (QED) is 0.251. The second-order valence-electron chi connectivity index (χ2n) is 14.4. The van der Waals surface area contributed by atoms with Gasteiger partial charge in [0, 0.05) is 82.6 Å². The number of methoxy groups -OCH3 is 1. The maximum absolute atomic E-state index is 13.9. The number of fused-ring (bicyclic) bond motifs is 1. The predicted octanol–water partition coefficient (Wildman–Crippen LogP) is 5.02. The molecule has 0 saturated carbocycles. The molecular formula is C40H44ClN7O6. The third kappa shape index (κ3) is 7.37. The van der Waals surface area contributed by atoms with E-state index in [1.165, 1.54) is 17.2 Å². The molecule has 3 saturated heterocycles. The molecule has 0 aliphatic carbocycles. The van der Waals surface area contributed by atoms with Crippen molar-refractivity contribution in [1.29, 1.82) is 0 Å². The summed E-state index contributed by atoms with van der Waals surface area (Å²) in [7, 11) is 5.04. The van der Waals surface area contributed by atoms with Crippen molar-refractivity contribution >= 4 is 51.8 Å².